The van der Waals surface area contributed by atoms with Gasteiger partial charge in [-0.15, -0.1) is 0 Å². The molecule has 0 fully saturated rings. The van der Waals surface area contributed by atoms with Gasteiger partial charge >= 0.3 is 11.9 Å². The van der Waals surface area contributed by atoms with E-state index in [2.05, 4.69) is 6.58 Å². The molecule has 5 nitrogen and oxygen atoms in total. The van der Waals surface area contributed by atoms with Crippen LogP contribution in [0.5, 0.6) is 0 Å². The van der Waals surface area contributed by atoms with Gasteiger partial charge in [-0.25, -0.2) is 4.79 Å². The summed E-state index contributed by atoms with van der Waals surface area (Å²) >= 11 is 0. The molecular weight excluding hydrogens is 198 g/mol. The van der Waals surface area contributed by atoms with Crippen molar-refractivity contribution in [2.45, 2.75) is 26.3 Å². The molecule has 0 saturated carbocycles. The summed E-state index contributed by atoms with van der Waals surface area (Å²) in [5, 5.41) is 17.6. The highest BCUT2D eigenvalue weighted by atomic mass is 16.4. The lowest BCUT2D eigenvalue weighted by molar-refractivity contribution is -0.143. The Hall–Kier alpha value is -1.36. The summed E-state index contributed by atoms with van der Waals surface area (Å²) < 4.78 is 0. The molecule has 0 aliphatic carbocycles. The molecule has 0 rings (SSSR count). The largest absolute Gasteiger partial charge is 0.480 e. The van der Waals surface area contributed by atoms with Crippen molar-refractivity contribution in [3.8, 4) is 0 Å². The predicted octanol–water partition coefficient (Wildman–Crippen LogP) is 0.812. The van der Waals surface area contributed by atoms with E-state index in [1.54, 1.807) is 4.90 Å². The van der Waals surface area contributed by atoms with Crippen molar-refractivity contribution >= 4 is 11.9 Å². The third-order valence-corrected chi connectivity index (χ3v) is 2.28. The van der Waals surface area contributed by atoms with Crippen LogP contribution in [0.1, 0.15) is 20.3 Å². The summed E-state index contributed by atoms with van der Waals surface area (Å²) in [6.45, 7) is 8.15. The van der Waals surface area contributed by atoms with Gasteiger partial charge in [0.15, 0.2) is 0 Å². The van der Waals surface area contributed by atoms with Crippen molar-refractivity contribution in [2.75, 3.05) is 13.1 Å². The first kappa shape index (κ1) is 13.6. The van der Waals surface area contributed by atoms with Gasteiger partial charge in [0, 0.05) is 12.0 Å². The Labute approximate surface area is 89.0 Å². The molecule has 0 heterocycles. The van der Waals surface area contributed by atoms with E-state index in [1.807, 2.05) is 13.8 Å². The smallest absolute Gasteiger partial charge is 0.331 e. The maximum absolute atomic E-state index is 10.9. The van der Waals surface area contributed by atoms with Gasteiger partial charge in [-0.1, -0.05) is 20.4 Å². The van der Waals surface area contributed by atoms with Crippen LogP contribution in [-0.4, -0.2) is 46.2 Å². The number of hydrogen-bond acceptors (Lipinski definition) is 3. The van der Waals surface area contributed by atoms with E-state index in [9.17, 15) is 9.59 Å². The molecule has 15 heavy (non-hydrogen) atoms. The summed E-state index contributed by atoms with van der Waals surface area (Å²) in [5.74, 6) is -2.16. The van der Waals surface area contributed by atoms with Gasteiger partial charge in [-0.3, -0.25) is 9.69 Å². The molecule has 0 saturated heterocycles. The van der Waals surface area contributed by atoms with E-state index in [0.717, 1.165) is 0 Å². The van der Waals surface area contributed by atoms with Crippen LogP contribution in [0, 0.1) is 0 Å². The summed E-state index contributed by atoms with van der Waals surface area (Å²) in [7, 11) is 0. The molecule has 2 N–H and O–H groups in total. The molecule has 0 aromatic carbocycles. The fourth-order valence-corrected chi connectivity index (χ4v) is 1.36. The average molecular weight is 215 g/mol. The minimum absolute atomic E-state index is 0.0493. The van der Waals surface area contributed by atoms with Gasteiger partial charge in [-0.2, -0.15) is 0 Å². The number of nitrogens with zero attached hydrogens (tertiary/aromatic N) is 1. The molecule has 1 atom stereocenters. The zero-order chi connectivity index (χ0) is 12.0. The average Bonchev–Trinajstić information content (AvgIpc) is 2.17. The first-order valence-electron chi connectivity index (χ1n) is 4.81. The van der Waals surface area contributed by atoms with Crippen LogP contribution in [0.25, 0.3) is 0 Å². The maximum Gasteiger partial charge on any atom is 0.331 e. The molecular formula is C10H17NO4. The zero-order valence-electron chi connectivity index (χ0n) is 9.06. The lowest BCUT2D eigenvalue weighted by atomic mass is 10.1. The Kier molecular flexibility index (Phi) is 5.62. The standard InChI is InChI=1S/C10H17NO4/c1-4-11(5-2)8(10(14)15)6-7(3)9(12)13/h8H,3-6H2,1-2H3,(H,12,13)(H,14,15). The molecule has 1 unspecified atom stereocenters. The van der Waals surface area contributed by atoms with Gasteiger partial charge in [0.2, 0.25) is 0 Å². The second-order valence-electron chi connectivity index (χ2n) is 3.19. The van der Waals surface area contributed by atoms with Crippen LogP contribution in [0.3, 0.4) is 0 Å². The Balaban J connectivity index is 4.60. The SMILES string of the molecule is C=C(CC(C(=O)O)N(CC)CC)C(=O)O. The van der Waals surface area contributed by atoms with Crippen molar-refractivity contribution in [3.05, 3.63) is 12.2 Å². The zero-order valence-corrected chi connectivity index (χ0v) is 9.06. The second-order valence-corrected chi connectivity index (χ2v) is 3.19. The van der Waals surface area contributed by atoms with Crippen LogP contribution in [-0.2, 0) is 9.59 Å². The van der Waals surface area contributed by atoms with Crippen molar-refractivity contribution in [1.82, 2.24) is 4.90 Å². The Morgan fingerprint density at radius 1 is 1.27 bits per heavy atom. The molecule has 0 spiro atoms. The molecule has 86 valence electrons. The predicted molar refractivity (Wildman–Crippen MR) is 55.7 cm³/mol. The number of hydrogen-bond donors (Lipinski definition) is 2. The van der Waals surface area contributed by atoms with Crippen molar-refractivity contribution in [3.63, 3.8) is 0 Å². The Morgan fingerprint density at radius 2 is 1.73 bits per heavy atom. The monoisotopic (exact) mass is 215 g/mol. The number of carbonyl (C=O) groups is 2. The number of rotatable bonds is 7. The molecule has 0 aromatic heterocycles. The van der Waals surface area contributed by atoms with E-state index in [-0.39, 0.29) is 12.0 Å². The van der Waals surface area contributed by atoms with Crippen LogP contribution in [0.2, 0.25) is 0 Å². The van der Waals surface area contributed by atoms with Gasteiger partial charge in [0.1, 0.15) is 6.04 Å². The summed E-state index contributed by atoms with van der Waals surface area (Å²) in [6.07, 6.45) is -0.0493. The van der Waals surface area contributed by atoms with E-state index in [4.69, 9.17) is 10.2 Å². The molecule has 0 radical (unpaired) electrons. The molecule has 0 aliphatic heterocycles. The second kappa shape index (κ2) is 6.19. The maximum atomic E-state index is 10.9. The molecule has 0 aliphatic rings. The normalized spacial score (nSPS) is 12.5. The summed E-state index contributed by atoms with van der Waals surface area (Å²) in [6, 6.07) is -0.802. The van der Waals surface area contributed by atoms with Gasteiger partial charge < -0.3 is 10.2 Å². The molecule has 5 heteroatoms. The quantitative estimate of drug-likeness (QED) is 0.614. The van der Waals surface area contributed by atoms with Crippen molar-refractivity contribution < 1.29 is 19.8 Å². The fourth-order valence-electron chi connectivity index (χ4n) is 1.36. The number of aliphatic carboxylic acids is 2. The van der Waals surface area contributed by atoms with Gasteiger partial charge in [0.05, 0.1) is 0 Å². The van der Waals surface area contributed by atoms with Crippen LogP contribution < -0.4 is 0 Å². The minimum atomic E-state index is -1.14. The lowest BCUT2D eigenvalue weighted by Crippen LogP contribution is -2.41. The van der Waals surface area contributed by atoms with Crippen LogP contribution in [0.4, 0.5) is 0 Å². The third-order valence-electron chi connectivity index (χ3n) is 2.28. The Morgan fingerprint density at radius 3 is 2.00 bits per heavy atom. The van der Waals surface area contributed by atoms with Gasteiger partial charge in [0.25, 0.3) is 0 Å². The highest BCUT2D eigenvalue weighted by molar-refractivity contribution is 5.87. The fraction of sp³-hybridized carbons (Fsp3) is 0.600. The van der Waals surface area contributed by atoms with Crippen LogP contribution >= 0.6 is 0 Å². The number of carboxylic acids is 2. The van der Waals surface area contributed by atoms with Crippen LogP contribution in [0.15, 0.2) is 12.2 Å². The highest BCUT2D eigenvalue weighted by Crippen LogP contribution is 2.10. The topological polar surface area (TPSA) is 77.8 Å². The lowest BCUT2D eigenvalue weighted by Gasteiger charge is -2.25. The molecule has 0 bridgehead atoms. The number of likely N-dealkylation sites (N-methyl/N-ethyl adjacent to an activating group) is 1. The summed E-state index contributed by atoms with van der Waals surface area (Å²) in [5.41, 5.74) is -0.0747. The van der Waals surface area contributed by atoms with E-state index >= 15 is 0 Å². The van der Waals surface area contributed by atoms with E-state index in [1.165, 1.54) is 0 Å². The minimum Gasteiger partial charge on any atom is -0.480 e. The van der Waals surface area contributed by atoms with Crippen molar-refractivity contribution in [1.29, 1.82) is 0 Å². The first-order chi connectivity index (χ1) is 6.93. The molecule has 0 amide bonds. The van der Waals surface area contributed by atoms with Crippen molar-refractivity contribution in [2.24, 2.45) is 0 Å². The highest BCUT2D eigenvalue weighted by Gasteiger charge is 2.25. The third kappa shape index (κ3) is 4.12. The van der Waals surface area contributed by atoms with E-state index < -0.39 is 18.0 Å². The number of carboxylic acid groups (broad SMARTS) is 2. The summed E-state index contributed by atoms with van der Waals surface area (Å²) in [4.78, 5) is 23.2. The van der Waals surface area contributed by atoms with Gasteiger partial charge in [-0.05, 0) is 13.1 Å². The van der Waals surface area contributed by atoms with E-state index in [0.29, 0.717) is 13.1 Å². The molecule has 0 aromatic rings. The Bertz CT molecular complexity index is 258. The first-order valence-corrected chi connectivity index (χ1v) is 4.81.